The number of rotatable bonds is 5. The summed E-state index contributed by atoms with van der Waals surface area (Å²) in [5.41, 5.74) is 0. The number of amides is 1. The van der Waals surface area contributed by atoms with Gasteiger partial charge in [-0.15, -0.1) is 0 Å². The van der Waals surface area contributed by atoms with E-state index in [-0.39, 0.29) is 17.8 Å². The summed E-state index contributed by atoms with van der Waals surface area (Å²) in [6.45, 7) is 1.94. The summed E-state index contributed by atoms with van der Waals surface area (Å²) >= 11 is 1.67. The van der Waals surface area contributed by atoms with Crippen molar-refractivity contribution in [3.8, 4) is 0 Å². The highest BCUT2D eigenvalue weighted by Crippen LogP contribution is 2.32. The molecule has 0 spiro atoms. The fourth-order valence-corrected chi connectivity index (χ4v) is 2.52. The van der Waals surface area contributed by atoms with E-state index < -0.39 is 0 Å². The molecule has 1 saturated carbocycles. The van der Waals surface area contributed by atoms with E-state index in [1.54, 1.807) is 11.8 Å². The Hall–Kier alpha value is -0.710. The summed E-state index contributed by atoms with van der Waals surface area (Å²) in [4.78, 5) is 25.5. The Balaban J connectivity index is 1.68. The normalized spacial score (nSPS) is 20.8. The number of hydrogen-bond acceptors (Lipinski definition) is 4. The molecule has 1 aliphatic carbocycles. The monoisotopic (exact) mass is 271 g/mol. The standard InChI is InChI=1S/C13H21NO3S/c1-18-9-8-17-13(16)11-4-6-14(7-5-11)12(15)10-2-3-10/h10-11H,2-9H2,1H3. The quantitative estimate of drug-likeness (QED) is 0.562. The van der Waals surface area contributed by atoms with Crippen molar-refractivity contribution in [2.75, 3.05) is 31.7 Å². The molecule has 1 heterocycles. The highest BCUT2D eigenvalue weighted by atomic mass is 32.2. The van der Waals surface area contributed by atoms with Crippen LogP contribution in [0.25, 0.3) is 0 Å². The summed E-state index contributed by atoms with van der Waals surface area (Å²) in [6, 6.07) is 0. The molecule has 0 aromatic rings. The maximum Gasteiger partial charge on any atom is 0.309 e. The van der Waals surface area contributed by atoms with E-state index in [0.29, 0.717) is 12.5 Å². The zero-order chi connectivity index (χ0) is 13.0. The summed E-state index contributed by atoms with van der Waals surface area (Å²) in [7, 11) is 0. The summed E-state index contributed by atoms with van der Waals surface area (Å²) in [5, 5.41) is 0. The lowest BCUT2D eigenvalue weighted by molar-refractivity contribution is -0.151. The molecule has 0 aromatic carbocycles. The van der Waals surface area contributed by atoms with Gasteiger partial charge in [-0.1, -0.05) is 0 Å². The Labute approximate surface area is 112 Å². The number of carbonyl (C=O) groups excluding carboxylic acids is 2. The number of piperidine rings is 1. The van der Waals surface area contributed by atoms with E-state index in [1.807, 2.05) is 11.2 Å². The fraction of sp³-hybridized carbons (Fsp3) is 0.846. The van der Waals surface area contributed by atoms with Crippen LogP contribution in [-0.4, -0.2) is 48.5 Å². The Morgan fingerprint density at radius 1 is 1.17 bits per heavy atom. The van der Waals surface area contributed by atoms with Crippen LogP contribution < -0.4 is 0 Å². The van der Waals surface area contributed by atoms with Crippen molar-refractivity contribution in [2.45, 2.75) is 25.7 Å². The Morgan fingerprint density at radius 3 is 2.39 bits per heavy atom. The minimum atomic E-state index is -0.0810. The molecule has 18 heavy (non-hydrogen) atoms. The molecule has 2 fully saturated rings. The smallest absolute Gasteiger partial charge is 0.309 e. The molecular formula is C13H21NO3S. The lowest BCUT2D eigenvalue weighted by Gasteiger charge is -2.31. The molecule has 0 unspecified atom stereocenters. The number of likely N-dealkylation sites (tertiary alicyclic amines) is 1. The zero-order valence-corrected chi connectivity index (χ0v) is 11.7. The van der Waals surface area contributed by atoms with Crippen LogP contribution in [0.4, 0.5) is 0 Å². The first kappa shape index (κ1) is 13.7. The maximum atomic E-state index is 11.9. The van der Waals surface area contributed by atoms with Crippen LogP contribution in [0.15, 0.2) is 0 Å². The molecule has 1 amide bonds. The average molecular weight is 271 g/mol. The molecule has 5 heteroatoms. The van der Waals surface area contributed by atoms with Gasteiger partial charge in [0.05, 0.1) is 5.92 Å². The van der Waals surface area contributed by atoms with Crippen LogP contribution in [0, 0.1) is 11.8 Å². The number of thioether (sulfide) groups is 1. The minimum absolute atomic E-state index is 0.00453. The number of nitrogens with zero attached hydrogens (tertiary/aromatic N) is 1. The number of hydrogen-bond donors (Lipinski definition) is 0. The highest BCUT2D eigenvalue weighted by Gasteiger charge is 2.36. The molecule has 1 saturated heterocycles. The van der Waals surface area contributed by atoms with Crippen molar-refractivity contribution in [2.24, 2.45) is 11.8 Å². The maximum absolute atomic E-state index is 11.9. The van der Waals surface area contributed by atoms with Gasteiger partial charge in [-0.2, -0.15) is 11.8 Å². The van der Waals surface area contributed by atoms with Crippen molar-refractivity contribution in [3.05, 3.63) is 0 Å². The number of esters is 1. The van der Waals surface area contributed by atoms with Crippen LogP contribution in [-0.2, 0) is 14.3 Å². The fourth-order valence-electron chi connectivity index (χ4n) is 2.27. The van der Waals surface area contributed by atoms with E-state index in [0.717, 1.165) is 44.5 Å². The van der Waals surface area contributed by atoms with Crippen LogP contribution in [0.5, 0.6) is 0 Å². The first-order chi connectivity index (χ1) is 8.72. The van der Waals surface area contributed by atoms with Gasteiger partial charge in [0.15, 0.2) is 0 Å². The SMILES string of the molecule is CSCCOC(=O)C1CCN(C(=O)C2CC2)CC1. The van der Waals surface area contributed by atoms with Crippen molar-refractivity contribution in [3.63, 3.8) is 0 Å². The summed E-state index contributed by atoms with van der Waals surface area (Å²) in [6.07, 6.45) is 5.62. The largest absolute Gasteiger partial charge is 0.465 e. The van der Waals surface area contributed by atoms with E-state index in [2.05, 4.69) is 0 Å². The summed E-state index contributed by atoms with van der Waals surface area (Å²) in [5.74, 6) is 1.35. The van der Waals surface area contributed by atoms with Gasteiger partial charge in [-0.3, -0.25) is 9.59 Å². The second-order valence-electron chi connectivity index (χ2n) is 5.03. The van der Waals surface area contributed by atoms with E-state index in [4.69, 9.17) is 4.74 Å². The van der Waals surface area contributed by atoms with Crippen LogP contribution in [0.2, 0.25) is 0 Å². The molecule has 2 aliphatic rings. The van der Waals surface area contributed by atoms with Gasteiger partial charge in [0.25, 0.3) is 0 Å². The summed E-state index contributed by atoms with van der Waals surface area (Å²) < 4.78 is 5.21. The molecule has 1 aliphatic heterocycles. The minimum Gasteiger partial charge on any atom is -0.465 e. The predicted molar refractivity (Wildman–Crippen MR) is 71.4 cm³/mol. The van der Waals surface area contributed by atoms with E-state index in [1.165, 1.54) is 0 Å². The number of ether oxygens (including phenoxy) is 1. The van der Waals surface area contributed by atoms with Crippen molar-refractivity contribution in [1.82, 2.24) is 4.90 Å². The van der Waals surface area contributed by atoms with Gasteiger partial charge >= 0.3 is 5.97 Å². The van der Waals surface area contributed by atoms with Gasteiger partial charge in [0, 0.05) is 24.8 Å². The lowest BCUT2D eigenvalue weighted by Crippen LogP contribution is -2.41. The van der Waals surface area contributed by atoms with Crippen LogP contribution in [0.1, 0.15) is 25.7 Å². The first-order valence-corrected chi connectivity index (χ1v) is 8.06. The zero-order valence-electron chi connectivity index (χ0n) is 10.9. The van der Waals surface area contributed by atoms with E-state index >= 15 is 0 Å². The molecule has 0 radical (unpaired) electrons. The van der Waals surface area contributed by atoms with Crippen LogP contribution >= 0.6 is 11.8 Å². The molecule has 102 valence electrons. The molecule has 0 N–H and O–H groups in total. The van der Waals surface area contributed by atoms with Crippen molar-refractivity contribution in [1.29, 1.82) is 0 Å². The van der Waals surface area contributed by atoms with Crippen LogP contribution in [0.3, 0.4) is 0 Å². The Kier molecular flexibility index (Phi) is 4.92. The third-order valence-corrected chi connectivity index (χ3v) is 4.17. The lowest BCUT2D eigenvalue weighted by atomic mass is 9.97. The van der Waals surface area contributed by atoms with Gasteiger partial charge < -0.3 is 9.64 Å². The van der Waals surface area contributed by atoms with E-state index in [9.17, 15) is 9.59 Å². The predicted octanol–water partition coefficient (Wildman–Crippen LogP) is 1.54. The third-order valence-electron chi connectivity index (χ3n) is 3.60. The molecule has 2 rings (SSSR count). The van der Waals surface area contributed by atoms with Gasteiger partial charge in [-0.05, 0) is 31.9 Å². The molecule has 0 aromatic heterocycles. The molecule has 4 nitrogen and oxygen atoms in total. The Morgan fingerprint density at radius 2 is 1.83 bits per heavy atom. The van der Waals surface area contributed by atoms with Crippen molar-refractivity contribution >= 4 is 23.6 Å². The Bertz CT molecular complexity index is 309. The number of carbonyl (C=O) groups is 2. The topological polar surface area (TPSA) is 46.6 Å². The van der Waals surface area contributed by atoms with Gasteiger partial charge in [-0.25, -0.2) is 0 Å². The second kappa shape index (κ2) is 6.45. The first-order valence-electron chi connectivity index (χ1n) is 6.66. The second-order valence-corrected chi connectivity index (χ2v) is 6.02. The molecular weight excluding hydrogens is 250 g/mol. The average Bonchev–Trinajstić information content (AvgIpc) is 3.22. The highest BCUT2D eigenvalue weighted by molar-refractivity contribution is 7.98. The third kappa shape index (κ3) is 3.64. The van der Waals surface area contributed by atoms with Gasteiger partial charge in [0.2, 0.25) is 5.91 Å². The van der Waals surface area contributed by atoms with Gasteiger partial charge in [0.1, 0.15) is 6.61 Å². The van der Waals surface area contributed by atoms with Crippen molar-refractivity contribution < 1.29 is 14.3 Å². The molecule has 0 atom stereocenters. The molecule has 0 bridgehead atoms.